The zero-order valence-corrected chi connectivity index (χ0v) is 14.4. The number of piperidine rings is 1. The molecule has 0 aromatic carbocycles. The van der Waals surface area contributed by atoms with Gasteiger partial charge in [0, 0.05) is 18.6 Å². The fraction of sp³-hybridized carbons (Fsp3) is 1.00. The minimum Gasteiger partial charge on any atom is -0.318 e. The predicted molar refractivity (Wildman–Crippen MR) is 92.8 cm³/mol. The second-order valence-corrected chi connectivity index (χ2v) is 7.36. The van der Waals surface area contributed by atoms with Gasteiger partial charge in [-0.15, -0.1) is 0 Å². The van der Waals surface area contributed by atoms with E-state index in [0.29, 0.717) is 0 Å². The normalized spacial score (nSPS) is 28.7. The van der Waals surface area contributed by atoms with Crippen LogP contribution in [0.2, 0.25) is 0 Å². The Balaban J connectivity index is 1.88. The third kappa shape index (κ3) is 6.28. The van der Waals surface area contributed by atoms with Crippen molar-refractivity contribution in [3.05, 3.63) is 0 Å². The number of likely N-dealkylation sites (tertiary alicyclic amines) is 1. The summed E-state index contributed by atoms with van der Waals surface area (Å²) in [5.41, 5.74) is 0. The van der Waals surface area contributed by atoms with Gasteiger partial charge < -0.3 is 5.32 Å². The van der Waals surface area contributed by atoms with Gasteiger partial charge in [0.1, 0.15) is 0 Å². The van der Waals surface area contributed by atoms with Gasteiger partial charge in [-0.2, -0.15) is 0 Å². The summed E-state index contributed by atoms with van der Waals surface area (Å²) in [6.07, 6.45) is 20.5. The maximum Gasteiger partial charge on any atom is 0.0223 e. The van der Waals surface area contributed by atoms with E-state index in [0.717, 1.165) is 12.1 Å². The standard InChI is InChI=1S/C19H38N2/c1-20-17-19-15-11-12-16-21(19)18-13-9-7-5-3-2-4-6-8-10-14-18/h18-20H,2-17H2,1H3. The van der Waals surface area contributed by atoms with Crippen molar-refractivity contribution >= 4 is 0 Å². The van der Waals surface area contributed by atoms with Gasteiger partial charge in [-0.05, 0) is 39.3 Å². The van der Waals surface area contributed by atoms with Crippen molar-refractivity contribution in [1.82, 2.24) is 10.2 Å². The lowest BCUT2D eigenvalue weighted by Gasteiger charge is -2.41. The third-order valence-corrected chi connectivity index (χ3v) is 5.66. The first-order valence-electron chi connectivity index (χ1n) is 9.82. The Morgan fingerprint density at radius 2 is 1.24 bits per heavy atom. The van der Waals surface area contributed by atoms with Gasteiger partial charge in [-0.1, -0.05) is 64.2 Å². The van der Waals surface area contributed by atoms with Crippen LogP contribution in [0.15, 0.2) is 0 Å². The Hall–Kier alpha value is -0.0800. The molecule has 2 aliphatic rings. The van der Waals surface area contributed by atoms with Gasteiger partial charge in [0.25, 0.3) is 0 Å². The summed E-state index contributed by atoms with van der Waals surface area (Å²) in [5, 5.41) is 3.43. The summed E-state index contributed by atoms with van der Waals surface area (Å²) in [7, 11) is 2.12. The Labute approximate surface area is 133 Å². The second-order valence-electron chi connectivity index (χ2n) is 7.36. The molecule has 0 amide bonds. The molecule has 1 saturated carbocycles. The highest BCUT2D eigenvalue weighted by molar-refractivity contribution is 4.84. The Bertz CT molecular complexity index is 240. The smallest absolute Gasteiger partial charge is 0.0223 e. The minimum absolute atomic E-state index is 0.807. The van der Waals surface area contributed by atoms with Crippen molar-refractivity contribution in [3.63, 3.8) is 0 Å². The molecule has 0 bridgehead atoms. The van der Waals surface area contributed by atoms with Crippen molar-refractivity contribution in [2.24, 2.45) is 0 Å². The van der Waals surface area contributed by atoms with Crippen molar-refractivity contribution in [1.29, 1.82) is 0 Å². The van der Waals surface area contributed by atoms with Gasteiger partial charge in [-0.25, -0.2) is 0 Å². The molecule has 1 atom stereocenters. The van der Waals surface area contributed by atoms with Crippen LogP contribution in [-0.4, -0.2) is 37.1 Å². The van der Waals surface area contributed by atoms with E-state index in [-0.39, 0.29) is 0 Å². The first-order chi connectivity index (χ1) is 10.4. The molecule has 2 nitrogen and oxygen atoms in total. The zero-order chi connectivity index (χ0) is 14.8. The van der Waals surface area contributed by atoms with Crippen LogP contribution in [0.1, 0.15) is 89.9 Å². The summed E-state index contributed by atoms with van der Waals surface area (Å²) < 4.78 is 0. The third-order valence-electron chi connectivity index (χ3n) is 5.66. The van der Waals surface area contributed by atoms with Crippen LogP contribution in [-0.2, 0) is 0 Å². The molecule has 0 spiro atoms. The van der Waals surface area contributed by atoms with Crippen LogP contribution < -0.4 is 5.32 Å². The molecule has 124 valence electrons. The summed E-state index contributed by atoms with van der Waals surface area (Å²) in [4.78, 5) is 2.89. The monoisotopic (exact) mass is 294 g/mol. The van der Waals surface area contributed by atoms with Crippen molar-refractivity contribution in [3.8, 4) is 0 Å². The minimum atomic E-state index is 0.807. The van der Waals surface area contributed by atoms with Gasteiger partial charge in [-0.3, -0.25) is 4.90 Å². The van der Waals surface area contributed by atoms with Crippen LogP contribution in [0.4, 0.5) is 0 Å². The number of rotatable bonds is 3. The highest BCUT2D eigenvalue weighted by Crippen LogP contribution is 2.26. The van der Waals surface area contributed by atoms with E-state index < -0.39 is 0 Å². The fourth-order valence-electron chi connectivity index (χ4n) is 4.43. The summed E-state index contributed by atoms with van der Waals surface area (Å²) >= 11 is 0. The highest BCUT2D eigenvalue weighted by Gasteiger charge is 2.27. The number of hydrogen-bond acceptors (Lipinski definition) is 2. The molecule has 2 rings (SSSR count). The van der Waals surface area contributed by atoms with E-state index in [9.17, 15) is 0 Å². The van der Waals surface area contributed by atoms with E-state index >= 15 is 0 Å². The van der Waals surface area contributed by atoms with Crippen LogP contribution in [0.3, 0.4) is 0 Å². The Morgan fingerprint density at radius 1 is 0.714 bits per heavy atom. The molecule has 1 aliphatic heterocycles. The number of nitrogens with zero attached hydrogens (tertiary/aromatic N) is 1. The van der Waals surface area contributed by atoms with Gasteiger partial charge in [0.2, 0.25) is 0 Å². The van der Waals surface area contributed by atoms with E-state index in [4.69, 9.17) is 0 Å². The number of likely N-dealkylation sites (N-methyl/N-ethyl adjacent to an activating group) is 1. The summed E-state index contributed by atoms with van der Waals surface area (Å²) in [5.74, 6) is 0. The Morgan fingerprint density at radius 3 is 1.81 bits per heavy atom. The van der Waals surface area contributed by atoms with Crippen molar-refractivity contribution in [2.75, 3.05) is 20.1 Å². The first-order valence-corrected chi connectivity index (χ1v) is 9.82. The van der Waals surface area contributed by atoms with E-state index in [1.165, 1.54) is 103 Å². The molecule has 0 aromatic heterocycles. The van der Waals surface area contributed by atoms with Crippen LogP contribution >= 0.6 is 0 Å². The molecule has 1 unspecified atom stereocenters. The topological polar surface area (TPSA) is 15.3 Å². The van der Waals surface area contributed by atoms with Crippen molar-refractivity contribution < 1.29 is 0 Å². The molecular weight excluding hydrogens is 256 g/mol. The molecule has 0 aromatic rings. The predicted octanol–water partition coefficient (Wildman–Crippen LogP) is 4.73. The van der Waals surface area contributed by atoms with Crippen LogP contribution in [0.5, 0.6) is 0 Å². The molecule has 2 heteroatoms. The molecule has 1 N–H and O–H groups in total. The molecule has 0 radical (unpaired) electrons. The first kappa shape index (κ1) is 17.3. The lowest BCUT2D eigenvalue weighted by Crippen LogP contribution is -2.50. The fourth-order valence-corrected chi connectivity index (χ4v) is 4.43. The highest BCUT2D eigenvalue weighted by atomic mass is 15.2. The molecule has 2 fully saturated rings. The van der Waals surface area contributed by atoms with Gasteiger partial charge >= 0.3 is 0 Å². The summed E-state index contributed by atoms with van der Waals surface area (Å²) in [6.45, 7) is 2.55. The van der Waals surface area contributed by atoms with Crippen LogP contribution in [0.25, 0.3) is 0 Å². The Kier molecular flexibility index (Phi) is 8.73. The number of hydrogen-bond donors (Lipinski definition) is 1. The molecule has 1 saturated heterocycles. The summed E-state index contributed by atoms with van der Waals surface area (Å²) in [6, 6.07) is 1.68. The van der Waals surface area contributed by atoms with Crippen LogP contribution in [0, 0.1) is 0 Å². The molecule has 1 heterocycles. The SMILES string of the molecule is CNCC1CCCCN1C1CCCCCCCCCCC1. The molecule has 1 aliphatic carbocycles. The number of nitrogens with one attached hydrogen (secondary N) is 1. The second kappa shape index (κ2) is 10.6. The molecular formula is C19H38N2. The van der Waals surface area contributed by atoms with E-state index in [1.807, 2.05) is 0 Å². The average molecular weight is 295 g/mol. The average Bonchev–Trinajstić information content (AvgIpc) is 2.49. The van der Waals surface area contributed by atoms with E-state index in [1.54, 1.807) is 0 Å². The zero-order valence-electron chi connectivity index (χ0n) is 14.4. The quantitative estimate of drug-likeness (QED) is 0.809. The lowest BCUT2D eigenvalue weighted by molar-refractivity contribution is 0.0810. The van der Waals surface area contributed by atoms with Gasteiger partial charge in [0.05, 0.1) is 0 Å². The van der Waals surface area contributed by atoms with E-state index in [2.05, 4.69) is 17.3 Å². The largest absolute Gasteiger partial charge is 0.318 e. The maximum absolute atomic E-state index is 3.43. The van der Waals surface area contributed by atoms with Crippen molar-refractivity contribution in [2.45, 2.75) is 102 Å². The lowest BCUT2D eigenvalue weighted by atomic mass is 9.93. The maximum atomic E-state index is 3.43. The molecule has 21 heavy (non-hydrogen) atoms. The van der Waals surface area contributed by atoms with Gasteiger partial charge in [0.15, 0.2) is 0 Å².